The number of hydrogen-bond acceptors (Lipinski definition) is 9. The molecule has 40 heavy (non-hydrogen) atoms. The van der Waals surface area contributed by atoms with Crippen molar-refractivity contribution in [2.45, 2.75) is 43.9 Å². The average Bonchev–Trinajstić information content (AvgIpc) is 3.39. The fraction of sp³-hybridized carbons (Fsp3) is 0.433. The van der Waals surface area contributed by atoms with E-state index in [-0.39, 0.29) is 29.7 Å². The summed E-state index contributed by atoms with van der Waals surface area (Å²) in [5, 5.41) is 47.0. The highest BCUT2D eigenvalue weighted by Crippen LogP contribution is 2.53. The third-order valence-electron chi connectivity index (χ3n) is 9.25. The van der Waals surface area contributed by atoms with Crippen molar-refractivity contribution in [1.29, 1.82) is 0 Å². The molecule has 0 unspecified atom stereocenters. The molecule has 1 heterocycles. The number of fused-ring (bicyclic) bond motifs is 4. The Kier molecular flexibility index (Phi) is 6.06. The van der Waals surface area contributed by atoms with E-state index in [4.69, 9.17) is 5.73 Å². The van der Waals surface area contributed by atoms with Crippen LogP contribution in [-0.2, 0) is 27.3 Å². The molecule has 3 aliphatic carbocycles. The monoisotopic (exact) mass is 547 g/mol. The van der Waals surface area contributed by atoms with Crippen molar-refractivity contribution in [3.8, 4) is 5.75 Å². The number of likely N-dealkylation sites (N-methyl/N-ethyl adjacent to an activating group) is 1. The third-order valence-corrected chi connectivity index (χ3v) is 9.25. The number of aliphatic hydroxyl groups excluding tert-OH is 2. The summed E-state index contributed by atoms with van der Waals surface area (Å²) in [6.45, 7) is 2.76. The standard InChI is InChI=1S/C30H33N3O7/c1-32(2)23-19-12-16-10-15-11-18-14(13-33-8-3-4-9-33)6-5-7-17(18)24(34)20(15)25(35)21(16)27(37)30(19,40)28(38)22(26(23)36)29(31)39/h5-7,11,16,19,23,34-35,38,40H,3-4,8-10,12-13H2,1-2H3,(H2,31,39)/t16-,19-,23-,30-/m0/s1. The van der Waals surface area contributed by atoms with Crippen molar-refractivity contribution < 1.29 is 34.8 Å². The fourth-order valence-corrected chi connectivity index (χ4v) is 7.42. The lowest BCUT2D eigenvalue weighted by atomic mass is 9.57. The van der Waals surface area contributed by atoms with Gasteiger partial charge in [0.25, 0.3) is 5.91 Å². The van der Waals surface area contributed by atoms with Gasteiger partial charge in [0.1, 0.15) is 22.8 Å². The van der Waals surface area contributed by atoms with Crippen molar-refractivity contribution in [1.82, 2.24) is 9.80 Å². The first-order chi connectivity index (χ1) is 19.0. The molecular weight excluding hydrogens is 514 g/mol. The Hall–Kier alpha value is -3.73. The van der Waals surface area contributed by atoms with E-state index in [1.54, 1.807) is 20.2 Å². The van der Waals surface area contributed by atoms with Gasteiger partial charge in [0.15, 0.2) is 11.4 Å². The minimum Gasteiger partial charge on any atom is -0.508 e. The van der Waals surface area contributed by atoms with Crippen LogP contribution in [-0.4, -0.2) is 86.5 Å². The maximum Gasteiger partial charge on any atom is 0.255 e. The minimum absolute atomic E-state index is 0.0694. The Morgan fingerprint density at radius 3 is 2.48 bits per heavy atom. The van der Waals surface area contributed by atoms with Gasteiger partial charge in [0, 0.05) is 23.4 Å². The summed E-state index contributed by atoms with van der Waals surface area (Å²) in [6.07, 6.45) is 2.65. The number of aliphatic hydroxyl groups is 3. The number of phenolic OH excluding ortho intramolecular Hbond substituents is 1. The van der Waals surface area contributed by atoms with Gasteiger partial charge >= 0.3 is 0 Å². The second kappa shape index (κ2) is 9.15. The zero-order valence-electron chi connectivity index (χ0n) is 22.5. The van der Waals surface area contributed by atoms with E-state index >= 15 is 0 Å². The summed E-state index contributed by atoms with van der Waals surface area (Å²) in [6, 6.07) is 6.49. The van der Waals surface area contributed by atoms with Crippen molar-refractivity contribution in [2.75, 3.05) is 27.2 Å². The molecule has 4 atom stereocenters. The zero-order chi connectivity index (χ0) is 28.7. The molecule has 6 rings (SSSR count). The second-order valence-electron chi connectivity index (χ2n) is 11.7. The SMILES string of the molecule is CN(C)[C@@H]1C(=O)C(C(N)=O)=C(O)[C@@]2(O)C(=O)C3=C(O)c4c(cc5c(CN6CCCC6)cccc5c4O)C[C@H]3C[C@@H]12. The summed E-state index contributed by atoms with van der Waals surface area (Å²) >= 11 is 0. The summed E-state index contributed by atoms with van der Waals surface area (Å²) in [7, 11) is 3.17. The number of rotatable bonds is 4. The number of ketones is 2. The Labute approximate surface area is 231 Å². The van der Waals surface area contributed by atoms with Gasteiger partial charge in [-0.05, 0) is 81.4 Å². The predicted octanol–water partition coefficient (Wildman–Crippen LogP) is 1.71. The molecule has 4 aliphatic rings. The lowest BCUT2D eigenvalue weighted by molar-refractivity contribution is -0.153. The van der Waals surface area contributed by atoms with E-state index in [0.29, 0.717) is 10.9 Å². The van der Waals surface area contributed by atoms with Crippen LogP contribution in [0.2, 0.25) is 0 Å². The number of Topliss-reactive ketones (excluding diaryl/α,β-unsaturated/α-hetero) is 2. The Balaban J connectivity index is 1.52. The molecule has 0 spiro atoms. The van der Waals surface area contributed by atoms with Gasteiger partial charge in [0.05, 0.1) is 11.6 Å². The average molecular weight is 548 g/mol. The van der Waals surface area contributed by atoms with Crippen LogP contribution in [0, 0.1) is 11.8 Å². The molecule has 0 bridgehead atoms. The number of carbonyl (C=O) groups is 3. The number of phenols is 1. The van der Waals surface area contributed by atoms with Crippen molar-refractivity contribution in [2.24, 2.45) is 17.6 Å². The first kappa shape index (κ1) is 26.5. The van der Waals surface area contributed by atoms with Crippen LogP contribution in [0.15, 0.2) is 41.2 Å². The number of nitrogens with two attached hydrogens (primary N) is 1. The Bertz CT molecular complexity index is 1550. The maximum absolute atomic E-state index is 14.0. The Morgan fingerprint density at radius 1 is 1.12 bits per heavy atom. The van der Waals surface area contributed by atoms with Crippen molar-refractivity contribution in [3.05, 3.63) is 57.9 Å². The molecule has 1 amide bonds. The zero-order valence-corrected chi connectivity index (χ0v) is 22.5. The first-order valence-corrected chi connectivity index (χ1v) is 13.6. The van der Waals surface area contributed by atoms with Crippen LogP contribution in [0.3, 0.4) is 0 Å². The van der Waals surface area contributed by atoms with Gasteiger partial charge in [-0.1, -0.05) is 18.2 Å². The number of hydrogen-bond donors (Lipinski definition) is 5. The number of aromatic hydroxyl groups is 1. The lowest BCUT2D eigenvalue weighted by Crippen LogP contribution is -2.65. The highest BCUT2D eigenvalue weighted by Gasteiger charge is 2.64. The van der Waals surface area contributed by atoms with Crippen LogP contribution in [0.25, 0.3) is 16.5 Å². The van der Waals surface area contributed by atoms with Crippen LogP contribution in [0.4, 0.5) is 0 Å². The van der Waals surface area contributed by atoms with Crippen molar-refractivity contribution in [3.63, 3.8) is 0 Å². The van der Waals surface area contributed by atoms with Gasteiger partial charge in [-0.2, -0.15) is 0 Å². The van der Waals surface area contributed by atoms with E-state index in [9.17, 15) is 34.8 Å². The third kappa shape index (κ3) is 3.56. The fourth-order valence-electron chi connectivity index (χ4n) is 7.42. The quantitative estimate of drug-likeness (QED) is 0.358. The highest BCUT2D eigenvalue weighted by atomic mass is 16.3. The number of benzene rings is 2. The summed E-state index contributed by atoms with van der Waals surface area (Å²) in [5.41, 5.74) is 3.60. The van der Waals surface area contributed by atoms with Gasteiger partial charge in [0.2, 0.25) is 5.78 Å². The second-order valence-corrected chi connectivity index (χ2v) is 11.7. The van der Waals surface area contributed by atoms with Gasteiger partial charge < -0.3 is 26.2 Å². The van der Waals surface area contributed by atoms with Crippen LogP contribution >= 0.6 is 0 Å². The maximum atomic E-state index is 14.0. The van der Waals surface area contributed by atoms with Crippen LogP contribution < -0.4 is 5.73 Å². The van der Waals surface area contributed by atoms with E-state index in [1.807, 2.05) is 18.2 Å². The number of likely N-dealkylation sites (tertiary alicyclic amines) is 1. The van der Waals surface area contributed by atoms with E-state index in [0.717, 1.165) is 43.4 Å². The smallest absolute Gasteiger partial charge is 0.255 e. The van der Waals surface area contributed by atoms with E-state index in [2.05, 4.69) is 4.90 Å². The molecule has 10 heteroatoms. The van der Waals surface area contributed by atoms with Crippen molar-refractivity contribution >= 4 is 34.0 Å². The number of carbonyl (C=O) groups excluding carboxylic acids is 3. The summed E-state index contributed by atoms with van der Waals surface area (Å²) < 4.78 is 0. The molecule has 0 aromatic heterocycles. The molecule has 6 N–H and O–H groups in total. The predicted molar refractivity (Wildman–Crippen MR) is 146 cm³/mol. The summed E-state index contributed by atoms with van der Waals surface area (Å²) in [4.78, 5) is 43.2. The molecule has 2 fully saturated rings. The molecule has 1 saturated heterocycles. The van der Waals surface area contributed by atoms with E-state index in [1.165, 1.54) is 4.90 Å². The summed E-state index contributed by atoms with van der Waals surface area (Å²) in [5.74, 6) is -6.42. The molecular formula is C30H33N3O7. The molecule has 2 aromatic carbocycles. The lowest BCUT2D eigenvalue weighted by Gasteiger charge is -2.50. The molecule has 210 valence electrons. The molecule has 0 radical (unpaired) electrons. The van der Waals surface area contributed by atoms with Gasteiger partial charge in [-0.25, -0.2) is 0 Å². The van der Waals surface area contributed by atoms with Gasteiger partial charge in [-0.3, -0.25) is 24.2 Å². The molecule has 1 saturated carbocycles. The molecule has 1 aliphatic heterocycles. The number of amides is 1. The number of primary amides is 1. The molecule has 10 nitrogen and oxygen atoms in total. The van der Waals surface area contributed by atoms with Gasteiger partial charge in [-0.15, -0.1) is 0 Å². The Morgan fingerprint density at radius 2 is 1.82 bits per heavy atom. The van der Waals surface area contributed by atoms with E-state index < -0.39 is 58.0 Å². The normalized spacial score (nSPS) is 28.8. The largest absolute Gasteiger partial charge is 0.508 e. The first-order valence-electron chi connectivity index (χ1n) is 13.6. The van der Waals surface area contributed by atoms with Crippen LogP contribution in [0.1, 0.15) is 36.0 Å². The highest BCUT2D eigenvalue weighted by molar-refractivity contribution is 6.24. The van der Waals surface area contributed by atoms with Crippen LogP contribution in [0.5, 0.6) is 5.75 Å². The minimum atomic E-state index is -2.64. The topological polar surface area (TPSA) is 165 Å². The number of nitrogens with zero attached hydrogens (tertiary/aromatic N) is 2. The molecule has 2 aromatic rings.